The van der Waals surface area contributed by atoms with E-state index >= 15 is 0 Å². The summed E-state index contributed by atoms with van der Waals surface area (Å²) in [6, 6.07) is 6.09. The van der Waals surface area contributed by atoms with E-state index in [9.17, 15) is 4.79 Å². The SMILES string of the molecule is Cc1cc2c(Oc3ccc(C(=O)O)cc3Cl)nccn2n1. The third-order valence-electron chi connectivity index (χ3n) is 2.86. The molecule has 0 amide bonds. The first-order chi connectivity index (χ1) is 10.0. The van der Waals surface area contributed by atoms with Gasteiger partial charge in [-0.1, -0.05) is 11.6 Å². The van der Waals surface area contributed by atoms with Crippen LogP contribution < -0.4 is 4.74 Å². The summed E-state index contributed by atoms with van der Waals surface area (Å²) < 4.78 is 7.32. The predicted molar refractivity (Wildman–Crippen MR) is 76.2 cm³/mol. The van der Waals surface area contributed by atoms with Gasteiger partial charge < -0.3 is 9.84 Å². The molecule has 0 spiro atoms. The lowest BCUT2D eigenvalue weighted by atomic mass is 10.2. The van der Waals surface area contributed by atoms with E-state index in [0.717, 1.165) is 5.69 Å². The molecular weight excluding hydrogens is 294 g/mol. The minimum absolute atomic E-state index is 0.0960. The smallest absolute Gasteiger partial charge is 0.335 e. The Morgan fingerprint density at radius 1 is 1.38 bits per heavy atom. The van der Waals surface area contributed by atoms with Crippen LogP contribution >= 0.6 is 11.6 Å². The molecule has 0 bridgehead atoms. The average Bonchev–Trinajstić information content (AvgIpc) is 2.82. The highest BCUT2D eigenvalue weighted by Crippen LogP contribution is 2.31. The van der Waals surface area contributed by atoms with Crippen molar-refractivity contribution in [1.82, 2.24) is 14.6 Å². The second kappa shape index (κ2) is 5.06. The van der Waals surface area contributed by atoms with Crippen molar-refractivity contribution < 1.29 is 14.6 Å². The normalized spacial score (nSPS) is 10.8. The van der Waals surface area contributed by atoms with E-state index in [1.807, 2.05) is 13.0 Å². The Bertz CT molecular complexity index is 845. The minimum atomic E-state index is -1.05. The molecule has 106 valence electrons. The Balaban J connectivity index is 2.00. The van der Waals surface area contributed by atoms with Gasteiger partial charge in [0.1, 0.15) is 11.3 Å². The maximum Gasteiger partial charge on any atom is 0.335 e. The number of aromatic nitrogens is 3. The lowest BCUT2D eigenvalue weighted by molar-refractivity contribution is 0.0697. The van der Waals surface area contributed by atoms with E-state index in [4.69, 9.17) is 21.4 Å². The van der Waals surface area contributed by atoms with Gasteiger partial charge in [-0.25, -0.2) is 14.3 Å². The van der Waals surface area contributed by atoms with E-state index in [1.165, 1.54) is 18.2 Å². The number of hydrogen-bond acceptors (Lipinski definition) is 4. The maximum absolute atomic E-state index is 10.9. The summed E-state index contributed by atoms with van der Waals surface area (Å²) in [5.41, 5.74) is 1.63. The lowest BCUT2D eigenvalue weighted by Crippen LogP contribution is -1.97. The van der Waals surface area contributed by atoms with E-state index in [1.54, 1.807) is 16.9 Å². The average molecular weight is 304 g/mol. The van der Waals surface area contributed by atoms with Gasteiger partial charge >= 0.3 is 5.97 Å². The highest BCUT2D eigenvalue weighted by atomic mass is 35.5. The van der Waals surface area contributed by atoms with Crippen LogP contribution in [0.5, 0.6) is 11.6 Å². The number of hydrogen-bond donors (Lipinski definition) is 1. The number of aryl methyl sites for hydroxylation is 1. The molecule has 0 saturated carbocycles. The van der Waals surface area contributed by atoms with Gasteiger partial charge in [0.25, 0.3) is 0 Å². The molecule has 0 atom stereocenters. The Kier molecular flexibility index (Phi) is 3.23. The van der Waals surface area contributed by atoms with Gasteiger partial charge in [0.15, 0.2) is 0 Å². The Morgan fingerprint density at radius 2 is 2.19 bits per heavy atom. The minimum Gasteiger partial charge on any atom is -0.478 e. The Labute approximate surface area is 124 Å². The highest BCUT2D eigenvalue weighted by molar-refractivity contribution is 6.32. The van der Waals surface area contributed by atoms with E-state index < -0.39 is 5.97 Å². The number of nitrogens with zero attached hydrogens (tertiary/aromatic N) is 3. The lowest BCUT2D eigenvalue weighted by Gasteiger charge is -2.08. The number of carboxylic acid groups (broad SMARTS) is 1. The second-order valence-corrected chi connectivity index (χ2v) is 4.81. The molecule has 0 fully saturated rings. The van der Waals surface area contributed by atoms with E-state index in [0.29, 0.717) is 17.1 Å². The quantitative estimate of drug-likeness (QED) is 0.804. The van der Waals surface area contributed by atoms with Crippen molar-refractivity contribution in [2.45, 2.75) is 6.92 Å². The summed E-state index contributed by atoms with van der Waals surface area (Å²) in [5, 5.41) is 13.4. The second-order valence-electron chi connectivity index (χ2n) is 4.40. The summed E-state index contributed by atoms with van der Waals surface area (Å²) in [6.45, 7) is 1.87. The first-order valence-corrected chi connectivity index (χ1v) is 6.44. The van der Waals surface area contributed by atoms with Crippen molar-refractivity contribution in [2.75, 3.05) is 0 Å². The molecule has 21 heavy (non-hydrogen) atoms. The first-order valence-electron chi connectivity index (χ1n) is 6.06. The molecule has 3 rings (SSSR count). The van der Waals surface area contributed by atoms with E-state index in [2.05, 4.69) is 10.1 Å². The van der Waals surface area contributed by atoms with Crippen molar-refractivity contribution in [3.8, 4) is 11.6 Å². The number of ether oxygens (including phenoxy) is 1. The van der Waals surface area contributed by atoms with Crippen LogP contribution in [-0.4, -0.2) is 25.7 Å². The predicted octanol–water partition coefficient (Wildman–Crippen LogP) is 3.18. The van der Waals surface area contributed by atoms with Crippen LogP contribution in [0.15, 0.2) is 36.7 Å². The molecule has 2 aromatic heterocycles. The van der Waals surface area contributed by atoms with Crippen LogP contribution in [0.2, 0.25) is 5.02 Å². The van der Waals surface area contributed by atoms with Crippen LogP contribution in [0.4, 0.5) is 0 Å². The number of fused-ring (bicyclic) bond motifs is 1. The zero-order chi connectivity index (χ0) is 15.0. The van der Waals surface area contributed by atoms with Crippen LogP contribution in [0.3, 0.4) is 0 Å². The number of halogens is 1. The number of benzene rings is 1. The molecule has 0 unspecified atom stereocenters. The fraction of sp³-hybridized carbons (Fsp3) is 0.0714. The van der Waals surface area contributed by atoms with Crippen molar-refractivity contribution in [3.05, 3.63) is 52.9 Å². The van der Waals surface area contributed by atoms with Gasteiger partial charge in [0.05, 0.1) is 16.3 Å². The molecule has 3 aromatic rings. The van der Waals surface area contributed by atoms with Gasteiger partial charge in [0.2, 0.25) is 5.88 Å². The van der Waals surface area contributed by atoms with Gasteiger partial charge in [-0.15, -0.1) is 0 Å². The first kappa shape index (κ1) is 13.4. The van der Waals surface area contributed by atoms with Gasteiger partial charge in [-0.3, -0.25) is 0 Å². The van der Waals surface area contributed by atoms with Crippen molar-refractivity contribution in [2.24, 2.45) is 0 Å². The topological polar surface area (TPSA) is 76.7 Å². The molecule has 0 aliphatic rings. The van der Waals surface area contributed by atoms with Crippen molar-refractivity contribution >= 4 is 23.1 Å². The number of aromatic carboxylic acids is 1. The monoisotopic (exact) mass is 303 g/mol. The van der Waals surface area contributed by atoms with E-state index in [-0.39, 0.29) is 10.6 Å². The number of rotatable bonds is 3. The van der Waals surface area contributed by atoms with Crippen LogP contribution in [0.25, 0.3) is 5.52 Å². The zero-order valence-electron chi connectivity index (χ0n) is 10.9. The molecule has 0 aliphatic heterocycles. The molecule has 1 aromatic carbocycles. The molecule has 7 heteroatoms. The Morgan fingerprint density at radius 3 is 2.90 bits per heavy atom. The van der Waals surface area contributed by atoms with Gasteiger partial charge in [0, 0.05) is 12.4 Å². The molecule has 6 nitrogen and oxygen atoms in total. The van der Waals surface area contributed by atoms with Crippen molar-refractivity contribution in [1.29, 1.82) is 0 Å². The summed E-state index contributed by atoms with van der Waals surface area (Å²) in [6.07, 6.45) is 3.28. The summed E-state index contributed by atoms with van der Waals surface area (Å²) in [7, 11) is 0. The zero-order valence-corrected chi connectivity index (χ0v) is 11.7. The van der Waals surface area contributed by atoms with Gasteiger partial charge in [-0.2, -0.15) is 5.10 Å². The number of carbonyl (C=O) groups is 1. The molecule has 0 aliphatic carbocycles. The van der Waals surface area contributed by atoms with Gasteiger partial charge in [-0.05, 0) is 31.2 Å². The highest BCUT2D eigenvalue weighted by Gasteiger charge is 2.12. The third-order valence-corrected chi connectivity index (χ3v) is 3.16. The number of carboxylic acids is 1. The molecule has 1 N–H and O–H groups in total. The molecular formula is C14H10ClN3O3. The molecule has 0 radical (unpaired) electrons. The van der Waals surface area contributed by atoms with Crippen LogP contribution in [-0.2, 0) is 0 Å². The fourth-order valence-electron chi connectivity index (χ4n) is 1.92. The van der Waals surface area contributed by atoms with Crippen molar-refractivity contribution in [3.63, 3.8) is 0 Å². The summed E-state index contributed by atoms with van der Waals surface area (Å²) in [5.74, 6) is -0.362. The Hall–Kier alpha value is -2.60. The standard InChI is InChI=1S/C14H10ClN3O3/c1-8-6-11-13(16-4-5-18(11)17-8)21-12-3-2-9(14(19)20)7-10(12)15/h2-7H,1H3,(H,19,20). The summed E-state index contributed by atoms with van der Waals surface area (Å²) in [4.78, 5) is 15.0. The fourth-order valence-corrected chi connectivity index (χ4v) is 2.14. The largest absolute Gasteiger partial charge is 0.478 e. The summed E-state index contributed by atoms with van der Waals surface area (Å²) >= 11 is 6.04. The van der Waals surface area contributed by atoms with Crippen LogP contribution in [0.1, 0.15) is 16.1 Å². The van der Waals surface area contributed by atoms with Crippen LogP contribution in [0, 0.1) is 6.92 Å². The molecule has 2 heterocycles. The third kappa shape index (κ3) is 2.53. The maximum atomic E-state index is 10.9. The molecule has 0 saturated heterocycles.